The molecule has 2 amide bonds. The van der Waals surface area contributed by atoms with Gasteiger partial charge in [-0.2, -0.15) is 0 Å². The van der Waals surface area contributed by atoms with Crippen LogP contribution in [0.15, 0.2) is 18.2 Å². The van der Waals surface area contributed by atoms with Crippen molar-refractivity contribution in [3.05, 3.63) is 33.9 Å². The molecule has 0 aromatic heterocycles. The highest BCUT2D eigenvalue weighted by molar-refractivity contribution is 5.96. The minimum atomic E-state index is -0.437. The van der Waals surface area contributed by atoms with Gasteiger partial charge in [-0.1, -0.05) is 0 Å². The fraction of sp³-hybridized carbons (Fsp3) is 0.619. The summed E-state index contributed by atoms with van der Waals surface area (Å²) >= 11 is 0. The number of nitrogens with one attached hydrogen (secondary N) is 1. The van der Waals surface area contributed by atoms with E-state index in [1.807, 2.05) is 9.80 Å². The first kappa shape index (κ1) is 20.6. The van der Waals surface area contributed by atoms with Crippen LogP contribution in [0.5, 0.6) is 0 Å². The van der Waals surface area contributed by atoms with Crippen molar-refractivity contribution in [2.45, 2.75) is 50.6 Å². The van der Waals surface area contributed by atoms with Crippen LogP contribution < -0.4 is 16.0 Å². The van der Waals surface area contributed by atoms with E-state index in [4.69, 9.17) is 5.73 Å². The van der Waals surface area contributed by atoms with Crippen LogP contribution in [0.4, 0.5) is 11.4 Å². The lowest BCUT2D eigenvalue weighted by atomic mass is 9.91. The number of amides is 2. The summed E-state index contributed by atoms with van der Waals surface area (Å²) in [7, 11) is 0. The van der Waals surface area contributed by atoms with Crippen LogP contribution in [-0.2, 0) is 4.79 Å². The summed E-state index contributed by atoms with van der Waals surface area (Å²) in [5.74, 6) is 0.105. The molecule has 9 heteroatoms. The minimum absolute atomic E-state index is 0.0631. The van der Waals surface area contributed by atoms with Gasteiger partial charge >= 0.3 is 0 Å². The number of benzene rings is 1. The second kappa shape index (κ2) is 8.59. The molecule has 3 fully saturated rings. The molecule has 0 atom stereocenters. The van der Waals surface area contributed by atoms with Gasteiger partial charge in [0.05, 0.1) is 4.92 Å². The van der Waals surface area contributed by atoms with Gasteiger partial charge in [0.1, 0.15) is 5.69 Å². The van der Waals surface area contributed by atoms with Gasteiger partial charge < -0.3 is 20.9 Å². The fourth-order valence-corrected chi connectivity index (χ4v) is 4.37. The number of rotatable bonds is 5. The maximum absolute atomic E-state index is 12.6. The fourth-order valence-electron chi connectivity index (χ4n) is 4.37. The zero-order valence-electron chi connectivity index (χ0n) is 17.1. The van der Waals surface area contributed by atoms with Crippen molar-refractivity contribution in [2.75, 3.05) is 31.1 Å². The molecule has 3 aliphatic rings. The van der Waals surface area contributed by atoms with Gasteiger partial charge in [0, 0.05) is 55.8 Å². The summed E-state index contributed by atoms with van der Waals surface area (Å²) in [6, 6.07) is 4.92. The number of nitro benzene ring substituents is 1. The lowest BCUT2D eigenvalue weighted by Crippen LogP contribution is -2.49. The lowest BCUT2D eigenvalue weighted by molar-refractivity contribution is -0.384. The average molecular weight is 415 g/mol. The Morgan fingerprint density at radius 3 is 2.30 bits per heavy atom. The summed E-state index contributed by atoms with van der Waals surface area (Å²) in [6.07, 6.45) is 5.36. The van der Waals surface area contributed by atoms with Crippen molar-refractivity contribution in [3.8, 4) is 0 Å². The number of nitrogens with zero attached hydrogens (tertiary/aromatic N) is 3. The summed E-state index contributed by atoms with van der Waals surface area (Å²) < 4.78 is 0. The van der Waals surface area contributed by atoms with Crippen molar-refractivity contribution in [1.29, 1.82) is 0 Å². The van der Waals surface area contributed by atoms with Crippen molar-refractivity contribution >= 4 is 23.2 Å². The number of piperazine rings is 1. The third-order valence-corrected chi connectivity index (χ3v) is 6.40. The molecule has 1 saturated heterocycles. The molecule has 162 valence electrons. The quantitative estimate of drug-likeness (QED) is 0.557. The van der Waals surface area contributed by atoms with Crippen LogP contribution >= 0.6 is 0 Å². The summed E-state index contributed by atoms with van der Waals surface area (Å²) in [5, 5.41) is 14.7. The summed E-state index contributed by atoms with van der Waals surface area (Å²) in [6.45, 7) is 2.23. The third kappa shape index (κ3) is 4.56. The second-order valence-corrected chi connectivity index (χ2v) is 8.63. The molecule has 1 aliphatic heterocycles. The second-order valence-electron chi connectivity index (χ2n) is 8.63. The standard InChI is InChI=1S/C21H29N5O4/c22-16-4-6-17(7-5-16)23-20(27)15-3-8-18(19(13-15)26(29)30)24-9-11-25(12-10-24)21(28)14-1-2-14/h3,8,13-14,16-17H,1-2,4-7,9-12,22H2,(H,23,27). The maximum atomic E-state index is 12.6. The highest BCUT2D eigenvalue weighted by atomic mass is 16.6. The van der Waals surface area contributed by atoms with Crippen molar-refractivity contribution < 1.29 is 14.5 Å². The van der Waals surface area contributed by atoms with Crippen molar-refractivity contribution in [3.63, 3.8) is 0 Å². The SMILES string of the molecule is NC1CCC(NC(=O)c2ccc(N3CCN(C(=O)C4CC4)CC3)c([N+](=O)[O-])c2)CC1. The molecule has 2 aliphatic carbocycles. The molecule has 1 aromatic carbocycles. The van der Waals surface area contributed by atoms with E-state index in [9.17, 15) is 19.7 Å². The van der Waals surface area contributed by atoms with Crippen LogP contribution in [0.25, 0.3) is 0 Å². The molecule has 0 spiro atoms. The first-order chi connectivity index (χ1) is 14.4. The molecule has 2 saturated carbocycles. The van der Waals surface area contributed by atoms with Crippen LogP contribution in [0.2, 0.25) is 0 Å². The zero-order valence-corrected chi connectivity index (χ0v) is 17.1. The Balaban J connectivity index is 1.42. The molecule has 1 heterocycles. The predicted octanol–water partition coefficient (Wildman–Crippen LogP) is 1.65. The number of hydrogen-bond donors (Lipinski definition) is 2. The number of hydrogen-bond acceptors (Lipinski definition) is 6. The number of nitrogens with two attached hydrogens (primary N) is 1. The highest BCUT2D eigenvalue weighted by Crippen LogP contribution is 2.33. The molecule has 0 unspecified atom stereocenters. The topological polar surface area (TPSA) is 122 Å². The Hall–Kier alpha value is -2.68. The normalized spacial score (nSPS) is 24.4. The van der Waals surface area contributed by atoms with Crippen molar-refractivity contribution in [1.82, 2.24) is 10.2 Å². The summed E-state index contributed by atoms with van der Waals surface area (Å²) in [4.78, 5) is 39.9. The maximum Gasteiger partial charge on any atom is 0.293 e. The number of carbonyl (C=O) groups excluding carboxylic acids is 2. The van der Waals surface area contributed by atoms with Gasteiger partial charge in [0.2, 0.25) is 5.91 Å². The molecular weight excluding hydrogens is 386 g/mol. The molecule has 4 rings (SSSR count). The van der Waals surface area contributed by atoms with E-state index in [1.165, 1.54) is 6.07 Å². The van der Waals surface area contributed by atoms with E-state index in [0.29, 0.717) is 37.4 Å². The van der Waals surface area contributed by atoms with E-state index in [0.717, 1.165) is 38.5 Å². The number of nitro groups is 1. The molecule has 1 aromatic rings. The van der Waals surface area contributed by atoms with Gasteiger partial charge in [-0.05, 0) is 50.7 Å². The highest BCUT2D eigenvalue weighted by Gasteiger charge is 2.35. The third-order valence-electron chi connectivity index (χ3n) is 6.40. The molecule has 30 heavy (non-hydrogen) atoms. The Bertz CT molecular complexity index is 825. The van der Waals surface area contributed by atoms with Gasteiger partial charge in [-0.15, -0.1) is 0 Å². The molecule has 3 N–H and O–H groups in total. The summed E-state index contributed by atoms with van der Waals surface area (Å²) in [5.41, 5.74) is 6.63. The molecule has 9 nitrogen and oxygen atoms in total. The molecular formula is C21H29N5O4. The minimum Gasteiger partial charge on any atom is -0.362 e. The monoisotopic (exact) mass is 415 g/mol. The van der Waals surface area contributed by atoms with Crippen molar-refractivity contribution in [2.24, 2.45) is 11.7 Å². The average Bonchev–Trinajstić information content (AvgIpc) is 3.60. The largest absolute Gasteiger partial charge is 0.362 e. The Labute approximate surface area is 175 Å². The number of carbonyl (C=O) groups is 2. The smallest absolute Gasteiger partial charge is 0.293 e. The van der Waals surface area contributed by atoms with E-state index in [2.05, 4.69) is 5.32 Å². The Morgan fingerprint density at radius 2 is 1.70 bits per heavy atom. The lowest BCUT2D eigenvalue weighted by Gasteiger charge is -2.36. The van der Waals surface area contributed by atoms with Gasteiger partial charge in [-0.25, -0.2) is 0 Å². The van der Waals surface area contributed by atoms with E-state index in [1.54, 1.807) is 12.1 Å². The first-order valence-corrected chi connectivity index (χ1v) is 10.8. The van der Waals surface area contributed by atoms with E-state index >= 15 is 0 Å². The van der Waals surface area contributed by atoms with Gasteiger partial charge in [-0.3, -0.25) is 19.7 Å². The van der Waals surface area contributed by atoms with E-state index < -0.39 is 4.92 Å². The Kier molecular flexibility index (Phi) is 5.90. The van der Waals surface area contributed by atoms with Gasteiger partial charge in [0.15, 0.2) is 0 Å². The number of anilines is 1. The van der Waals surface area contributed by atoms with E-state index in [-0.39, 0.29) is 35.5 Å². The van der Waals surface area contributed by atoms with Crippen LogP contribution in [0, 0.1) is 16.0 Å². The predicted molar refractivity (Wildman–Crippen MR) is 112 cm³/mol. The molecule has 0 bridgehead atoms. The van der Waals surface area contributed by atoms with Crippen LogP contribution in [0.3, 0.4) is 0 Å². The first-order valence-electron chi connectivity index (χ1n) is 10.8. The van der Waals surface area contributed by atoms with Gasteiger partial charge in [0.25, 0.3) is 11.6 Å². The Morgan fingerprint density at radius 1 is 1.03 bits per heavy atom. The van der Waals surface area contributed by atoms with Crippen LogP contribution in [-0.4, -0.2) is 59.9 Å². The van der Waals surface area contributed by atoms with Crippen LogP contribution in [0.1, 0.15) is 48.9 Å². The molecule has 0 radical (unpaired) electrons. The zero-order chi connectivity index (χ0) is 21.3.